The number of allylic oxidation sites excluding steroid dienone is 1. The van der Waals surface area contributed by atoms with E-state index in [-0.39, 0.29) is 16.6 Å². The lowest BCUT2D eigenvalue weighted by atomic mass is 9.47. The summed E-state index contributed by atoms with van der Waals surface area (Å²) >= 11 is 0. The molecule has 2 N–H and O–H groups in total. The van der Waals surface area contributed by atoms with Gasteiger partial charge in [0.25, 0.3) is 0 Å². The molecule has 4 unspecified atom stereocenters. The zero-order valence-corrected chi connectivity index (χ0v) is 17.8. The maximum atomic E-state index is 12.3. The van der Waals surface area contributed by atoms with Crippen molar-refractivity contribution >= 4 is 16.2 Å². The molecule has 0 bridgehead atoms. The van der Waals surface area contributed by atoms with Crippen molar-refractivity contribution in [3.63, 3.8) is 0 Å². The van der Waals surface area contributed by atoms with Gasteiger partial charge < -0.3 is 5.11 Å². The Bertz CT molecular complexity index is 819. The van der Waals surface area contributed by atoms with Crippen LogP contribution < -0.4 is 0 Å². The van der Waals surface area contributed by atoms with Gasteiger partial charge in [-0.25, -0.2) is 4.18 Å². The van der Waals surface area contributed by atoms with E-state index in [1.807, 2.05) is 0 Å². The van der Waals surface area contributed by atoms with Crippen LogP contribution in [-0.4, -0.2) is 35.6 Å². The van der Waals surface area contributed by atoms with Crippen molar-refractivity contribution in [2.75, 3.05) is 0 Å². The van der Waals surface area contributed by atoms with Crippen molar-refractivity contribution in [1.29, 1.82) is 0 Å². The van der Waals surface area contributed by atoms with Gasteiger partial charge in [0.2, 0.25) is 0 Å². The lowest BCUT2D eigenvalue weighted by Gasteiger charge is -2.58. The molecule has 28 heavy (non-hydrogen) atoms. The van der Waals surface area contributed by atoms with E-state index >= 15 is 0 Å². The number of fused-ring (bicyclic) bond motifs is 5. The third-order valence-electron chi connectivity index (χ3n) is 9.05. The van der Waals surface area contributed by atoms with Crippen LogP contribution in [0.4, 0.5) is 0 Å². The summed E-state index contributed by atoms with van der Waals surface area (Å²) in [5.74, 6) is 1.16. The Hall–Kier alpha value is -0.760. The first-order valence-corrected chi connectivity index (χ1v) is 11.9. The molecule has 0 saturated heterocycles. The fourth-order valence-corrected chi connectivity index (χ4v) is 7.98. The summed E-state index contributed by atoms with van der Waals surface area (Å²) in [6, 6.07) is 0. The summed E-state index contributed by atoms with van der Waals surface area (Å²) in [5.41, 5.74) is -0.307. The van der Waals surface area contributed by atoms with Gasteiger partial charge in [-0.05, 0) is 81.5 Å². The number of carbonyl (C=O) groups excluding carboxylic acids is 1. The largest absolute Gasteiger partial charge is 0.397 e. The van der Waals surface area contributed by atoms with Crippen LogP contribution in [-0.2, 0) is 19.4 Å². The average Bonchev–Trinajstić information content (AvgIpc) is 2.87. The summed E-state index contributed by atoms with van der Waals surface area (Å²) in [6.45, 7) is 5.92. The molecule has 3 saturated carbocycles. The lowest BCUT2D eigenvalue weighted by Crippen LogP contribution is -2.57. The van der Waals surface area contributed by atoms with Gasteiger partial charge in [0.05, 0.1) is 6.10 Å². The minimum Gasteiger partial charge on any atom is -0.382 e. The van der Waals surface area contributed by atoms with Gasteiger partial charge in [0, 0.05) is 5.41 Å². The average molecular weight is 413 g/mol. The quantitative estimate of drug-likeness (QED) is 0.544. The molecule has 0 amide bonds. The molecule has 7 heteroatoms. The van der Waals surface area contributed by atoms with E-state index in [0.717, 1.165) is 32.1 Å². The van der Waals surface area contributed by atoms with Crippen molar-refractivity contribution in [2.45, 2.75) is 83.8 Å². The first kappa shape index (κ1) is 20.5. The molecule has 0 aromatic carbocycles. The molecule has 0 aliphatic heterocycles. The third-order valence-corrected chi connectivity index (χ3v) is 9.57. The fraction of sp³-hybridized carbons (Fsp3) is 0.857. The number of aliphatic hydroxyl groups is 1. The molecule has 0 aromatic heterocycles. The second kappa shape index (κ2) is 6.37. The predicted molar refractivity (Wildman–Crippen MR) is 104 cm³/mol. The number of hydrogen-bond acceptors (Lipinski definition) is 5. The molecule has 6 nitrogen and oxygen atoms in total. The Morgan fingerprint density at radius 3 is 2.46 bits per heavy atom. The van der Waals surface area contributed by atoms with E-state index in [0.29, 0.717) is 37.0 Å². The second-order valence-corrected chi connectivity index (χ2v) is 11.1. The summed E-state index contributed by atoms with van der Waals surface area (Å²) in [7, 11) is -4.43. The summed E-state index contributed by atoms with van der Waals surface area (Å²) in [5, 5.41) is 11.2. The van der Waals surface area contributed by atoms with Crippen LogP contribution >= 0.6 is 0 Å². The maximum absolute atomic E-state index is 12.3. The van der Waals surface area contributed by atoms with Crippen LogP contribution in [0.25, 0.3) is 0 Å². The van der Waals surface area contributed by atoms with Crippen LogP contribution in [0.15, 0.2) is 11.6 Å². The van der Waals surface area contributed by atoms with Gasteiger partial charge in [-0.2, -0.15) is 8.42 Å². The smallest absolute Gasteiger partial charge is 0.382 e. The molecule has 3 fully saturated rings. The molecule has 0 aromatic rings. The van der Waals surface area contributed by atoms with E-state index < -0.39 is 22.1 Å². The molecule has 4 rings (SSSR count). The highest BCUT2D eigenvalue weighted by atomic mass is 32.3. The standard InChI is InChI=1S/C21H32O6S/c1-13(22)21(23)11-8-18-16-5-4-14-12-15(27-28(24,25)26)6-9-19(14,2)17(16)7-10-20(18,21)3/h4,15-18,23H,5-12H2,1-3H3,(H,24,25,26)/t15?,16?,17?,18?,19-,20-,21-/m0/s1. The molecule has 4 aliphatic carbocycles. The van der Waals surface area contributed by atoms with Gasteiger partial charge in [-0.15, -0.1) is 0 Å². The van der Waals surface area contributed by atoms with Crippen LogP contribution in [0.5, 0.6) is 0 Å². The molecule has 4 aliphatic rings. The van der Waals surface area contributed by atoms with E-state index in [4.69, 9.17) is 8.74 Å². The molecule has 0 radical (unpaired) electrons. The Balaban J connectivity index is 1.61. The molecule has 158 valence electrons. The van der Waals surface area contributed by atoms with Crippen molar-refractivity contribution < 1.29 is 27.1 Å². The predicted octanol–water partition coefficient (Wildman–Crippen LogP) is 3.46. The Kier molecular flexibility index (Phi) is 4.66. The second-order valence-electron chi connectivity index (χ2n) is 10.1. The number of Topliss-reactive ketones (excluding diaryl/α,β-unsaturated/α-hetero) is 1. The monoisotopic (exact) mass is 412 g/mol. The third kappa shape index (κ3) is 2.84. The molecule has 0 spiro atoms. The minimum atomic E-state index is -4.43. The topological polar surface area (TPSA) is 101 Å². The lowest BCUT2D eigenvalue weighted by molar-refractivity contribution is -0.159. The number of carbonyl (C=O) groups is 1. The van der Waals surface area contributed by atoms with Gasteiger partial charge in [-0.1, -0.05) is 25.5 Å². The molecular formula is C21H32O6S. The van der Waals surface area contributed by atoms with Crippen molar-refractivity contribution in [2.24, 2.45) is 28.6 Å². The number of rotatable bonds is 3. The minimum absolute atomic E-state index is 0.000252. The fourth-order valence-electron chi connectivity index (χ4n) is 7.48. The first-order valence-electron chi connectivity index (χ1n) is 10.5. The van der Waals surface area contributed by atoms with Crippen LogP contribution in [0.1, 0.15) is 72.1 Å². The summed E-state index contributed by atoms with van der Waals surface area (Å²) < 4.78 is 36.1. The maximum Gasteiger partial charge on any atom is 0.397 e. The van der Waals surface area contributed by atoms with E-state index in [1.165, 1.54) is 12.5 Å². The Morgan fingerprint density at radius 2 is 1.82 bits per heavy atom. The van der Waals surface area contributed by atoms with Crippen LogP contribution in [0.2, 0.25) is 0 Å². The Labute approximate surface area is 167 Å². The van der Waals surface area contributed by atoms with Gasteiger partial charge in [0.1, 0.15) is 5.60 Å². The summed E-state index contributed by atoms with van der Waals surface area (Å²) in [6.07, 6.45) is 7.92. The van der Waals surface area contributed by atoms with Gasteiger partial charge in [-0.3, -0.25) is 9.35 Å². The highest BCUT2D eigenvalue weighted by molar-refractivity contribution is 7.80. The van der Waals surface area contributed by atoms with E-state index in [2.05, 4.69) is 19.9 Å². The van der Waals surface area contributed by atoms with Gasteiger partial charge in [0.15, 0.2) is 5.78 Å². The van der Waals surface area contributed by atoms with Crippen molar-refractivity contribution in [3.8, 4) is 0 Å². The highest BCUT2D eigenvalue weighted by Crippen LogP contribution is 2.67. The number of hydrogen-bond donors (Lipinski definition) is 2. The molecule has 7 atom stereocenters. The molecular weight excluding hydrogens is 380 g/mol. The zero-order chi connectivity index (χ0) is 20.5. The van der Waals surface area contributed by atoms with Crippen LogP contribution in [0, 0.1) is 28.6 Å². The zero-order valence-electron chi connectivity index (χ0n) is 17.0. The van der Waals surface area contributed by atoms with Gasteiger partial charge >= 0.3 is 10.4 Å². The van der Waals surface area contributed by atoms with Crippen LogP contribution in [0.3, 0.4) is 0 Å². The van der Waals surface area contributed by atoms with E-state index in [1.54, 1.807) is 0 Å². The SMILES string of the molecule is CC(=O)[C@@]1(O)CCC2C3CC=C4CC(OS(=O)(=O)O)CC[C@]4(C)C3CC[C@@]21C. The highest BCUT2D eigenvalue weighted by Gasteiger charge is 2.65. The summed E-state index contributed by atoms with van der Waals surface area (Å²) in [4.78, 5) is 12.3. The first-order chi connectivity index (χ1) is 12.9. The molecule has 0 heterocycles. The Morgan fingerprint density at radius 1 is 1.14 bits per heavy atom. The number of ketones is 1. The van der Waals surface area contributed by atoms with Crippen molar-refractivity contribution in [1.82, 2.24) is 0 Å². The normalized spacial score (nSPS) is 48.2. The van der Waals surface area contributed by atoms with Crippen molar-refractivity contribution in [3.05, 3.63) is 11.6 Å². The van der Waals surface area contributed by atoms with E-state index in [9.17, 15) is 18.3 Å².